The monoisotopic (exact) mass is 288 g/mol. The van der Waals surface area contributed by atoms with Gasteiger partial charge in [-0.15, -0.1) is 0 Å². The zero-order chi connectivity index (χ0) is 15.7. The van der Waals surface area contributed by atoms with Crippen molar-refractivity contribution in [3.8, 4) is 0 Å². The molecule has 0 spiro atoms. The van der Waals surface area contributed by atoms with Gasteiger partial charge in [0.15, 0.2) is 0 Å². The van der Waals surface area contributed by atoms with Gasteiger partial charge in [-0.1, -0.05) is 30.3 Å². The fourth-order valence-corrected chi connectivity index (χ4v) is 2.70. The normalized spacial score (nSPS) is 21.3. The van der Waals surface area contributed by atoms with E-state index in [2.05, 4.69) is 39.8 Å². The van der Waals surface area contributed by atoms with Gasteiger partial charge in [0, 0.05) is 6.42 Å². The highest BCUT2D eigenvalue weighted by molar-refractivity contribution is 6.45. The summed E-state index contributed by atoms with van der Waals surface area (Å²) in [6, 6.07) is 10.1. The molecule has 114 valence electrons. The maximum Gasteiger partial charge on any atom is 0.458 e. The number of Topliss-reactive ketones (excluding diaryl/α,β-unsaturated/α-hetero) is 1. The molecule has 1 heterocycles. The number of rotatable bonds is 5. The van der Waals surface area contributed by atoms with Crippen molar-refractivity contribution in [2.75, 3.05) is 0 Å². The van der Waals surface area contributed by atoms with Crippen LogP contribution in [-0.2, 0) is 14.1 Å². The third kappa shape index (κ3) is 3.75. The minimum atomic E-state index is -0.324. The molecule has 0 radical (unpaired) electrons. The van der Waals surface area contributed by atoms with E-state index in [9.17, 15) is 4.79 Å². The minimum Gasteiger partial charge on any atom is -0.403 e. The average Bonchev–Trinajstić information content (AvgIpc) is 2.57. The van der Waals surface area contributed by atoms with E-state index in [0.717, 1.165) is 0 Å². The SMILES string of the molecule is CC(=O)CC(CB1OC(C)(C)C(C)(C)O1)c1ccccc1. The lowest BCUT2D eigenvalue weighted by molar-refractivity contribution is -0.117. The van der Waals surface area contributed by atoms with Gasteiger partial charge >= 0.3 is 7.12 Å². The first-order valence-corrected chi connectivity index (χ1v) is 7.61. The van der Waals surface area contributed by atoms with E-state index < -0.39 is 0 Å². The third-order valence-corrected chi connectivity index (χ3v) is 4.58. The number of hydrogen-bond donors (Lipinski definition) is 0. The molecule has 2 rings (SSSR count). The molecule has 0 saturated carbocycles. The topological polar surface area (TPSA) is 35.5 Å². The van der Waals surface area contributed by atoms with Crippen LogP contribution >= 0.6 is 0 Å². The summed E-state index contributed by atoms with van der Waals surface area (Å²) in [6.07, 6.45) is 1.23. The first-order valence-electron chi connectivity index (χ1n) is 7.61. The van der Waals surface area contributed by atoms with Crippen LogP contribution in [0.4, 0.5) is 0 Å². The molecule has 0 aromatic heterocycles. The van der Waals surface area contributed by atoms with Crippen LogP contribution in [0.1, 0.15) is 52.5 Å². The minimum absolute atomic E-state index is 0.137. The summed E-state index contributed by atoms with van der Waals surface area (Å²) in [7, 11) is -0.264. The molecule has 0 bridgehead atoms. The molecule has 21 heavy (non-hydrogen) atoms. The van der Waals surface area contributed by atoms with Crippen LogP contribution in [-0.4, -0.2) is 24.1 Å². The molecule has 0 aliphatic carbocycles. The van der Waals surface area contributed by atoms with E-state index in [0.29, 0.717) is 12.7 Å². The van der Waals surface area contributed by atoms with Crippen molar-refractivity contribution in [3.63, 3.8) is 0 Å². The van der Waals surface area contributed by atoms with Gasteiger partial charge in [0.2, 0.25) is 0 Å². The van der Waals surface area contributed by atoms with E-state index in [-0.39, 0.29) is 30.0 Å². The van der Waals surface area contributed by atoms with Gasteiger partial charge in [-0.2, -0.15) is 0 Å². The number of benzene rings is 1. The molecule has 1 fully saturated rings. The lowest BCUT2D eigenvalue weighted by Crippen LogP contribution is -2.41. The largest absolute Gasteiger partial charge is 0.458 e. The summed E-state index contributed by atoms with van der Waals surface area (Å²) in [6.45, 7) is 9.84. The van der Waals surface area contributed by atoms with Crippen molar-refractivity contribution < 1.29 is 14.1 Å². The Hall–Kier alpha value is -1.13. The Morgan fingerprint density at radius 1 is 1.10 bits per heavy atom. The summed E-state index contributed by atoms with van der Waals surface area (Å²) in [5.74, 6) is 0.332. The predicted octanol–water partition coefficient (Wildman–Crippen LogP) is 3.84. The highest BCUT2D eigenvalue weighted by Crippen LogP contribution is 2.40. The third-order valence-electron chi connectivity index (χ3n) is 4.58. The van der Waals surface area contributed by atoms with Gasteiger partial charge in [0.05, 0.1) is 11.2 Å². The van der Waals surface area contributed by atoms with E-state index >= 15 is 0 Å². The fraction of sp³-hybridized carbons (Fsp3) is 0.588. The number of carbonyl (C=O) groups is 1. The maximum atomic E-state index is 11.6. The number of carbonyl (C=O) groups excluding carboxylic acids is 1. The molecule has 1 saturated heterocycles. The molecule has 0 N–H and O–H groups in total. The predicted molar refractivity (Wildman–Crippen MR) is 85.4 cm³/mol. The molecule has 0 amide bonds. The molecule has 3 nitrogen and oxygen atoms in total. The van der Waals surface area contributed by atoms with Crippen LogP contribution in [0.2, 0.25) is 6.32 Å². The van der Waals surface area contributed by atoms with E-state index in [4.69, 9.17) is 9.31 Å². The Morgan fingerprint density at radius 2 is 1.62 bits per heavy atom. The zero-order valence-electron chi connectivity index (χ0n) is 13.7. The van der Waals surface area contributed by atoms with Gasteiger partial charge < -0.3 is 14.1 Å². The smallest absolute Gasteiger partial charge is 0.403 e. The molecular formula is C17H25BO3. The zero-order valence-corrected chi connectivity index (χ0v) is 13.7. The van der Waals surface area contributed by atoms with Gasteiger partial charge in [0.25, 0.3) is 0 Å². The number of ketones is 1. The lowest BCUT2D eigenvalue weighted by atomic mass is 9.73. The van der Waals surface area contributed by atoms with Crippen LogP contribution in [0.3, 0.4) is 0 Å². The van der Waals surface area contributed by atoms with Crippen molar-refractivity contribution in [1.82, 2.24) is 0 Å². The Bertz CT molecular complexity index is 480. The van der Waals surface area contributed by atoms with Crippen LogP contribution in [0, 0.1) is 0 Å². The van der Waals surface area contributed by atoms with Crippen LogP contribution in [0.5, 0.6) is 0 Å². The highest BCUT2D eigenvalue weighted by atomic mass is 16.7. The van der Waals surface area contributed by atoms with Crippen molar-refractivity contribution in [2.45, 2.75) is 64.5 Å². The molecule has 1 aliphatic rings. The molecule has 1 aliphatic heterocycles. The summed E-state index contributed by atoms with van der Waals surface area (Å²) in [5, 5.41) is 0. The van der Waals surface area contributed by atoms with Crippen molar-refractivity contribution in [3.05, 3.63) is 35.9 Å². The summed E-state index contributed by atoms with van der Waals surface area (Å²) >= 11 is 0. The Kier molecular flexibility index (Phi) is 4.59. The second kappa shape index (κ2) is 5.94. The Labute approximate surface area is 128 Å². The fourth-order valence-electron chi connectivity index (χ4n) is 2.70. The first kappa shape index (κ1) is 16.2. The van der Waals surface area contributed by atoms with Crippen LogP contribution < -0.4 is 0 Å². The van der Waals surface area contributed by atoms with Crippen molar-refractivity contribution >= 4 is 12.9 Å². The Morgan fingerprint density at radius 3 is 2.10 bits per heavy atom. The highest BCUT2D eigenvalue weighted by Gasteiger charge is 2.51. The molecule has 1 atom stereocenters. The summed E-state index contributed by atoms with van der Waals surface area (Å²) in [4.78, 5) is 11.6. The molecular weight excluding hydrogens is 263 g/mol. The standard InChI is InChI=1S/C17H25BO3/c1-13(19)11-15(14-9-7-6-8-10-14)12-18-20-16(2,3)17(4,5)21-18/h6-10,15H,11-12H2,1-5H3. The van der Waals surface area contributed by atoms with Gasteiger partial charge in [-0.25, -0.2) is 0 Å². The van der Waals surface area contributed by atoms with Crippen LogP contribution in [0.25, 0.3) is 0 Å². The van der Waals surface area contributed by atoms with Gasteiger partial charge in [-0.05, 0) is 52.4 Å². The molecule has 1 aromatic rings. The van der Waals surface area contributed by atoms with Gasteiger partial charge in [-0.3, -0.25) is 0 Å². The molecule has 1 unspecified atom stereocenters. The van der Waals surface area contributed by atoms with Gasteiger partial charge in [0.1, 0.15) is 5.78 Å². The second-order valence-electron chi connectivity index (χ2n) is 6.94. The maximum absolute atomic E-state index is 11.6. The van der Waals surface area contributed by atoms with E-state index in [1.165, 1.54) is 5.56 Å². The van der Waals surface area contributed by atoms with Crippen molar-refractivity contribution in [2.24, 2.45) is 0 Å². The molecule has 4 heteroatoms. The first-order chi connectivity index (χ1) is 9.71. The van der Waals surface area contributed by atoms with E-state index in [1.54, 1.807) is 6.92 Å². The molecule has 1 aromatic carbocycles. The second-order valence-corrected chi connectivity index (χ2v) is 6.94. The Balaban J connectivity index is 2.12. The quantitative estimate of drug-likeness (QED) is 0.772. The van der Waals surface area contributed by atoms with Crippen LogP contribution in [0.15, 0.2) is 30.3 Å². The number of hydrogen-bond acceptors (Lipinski definition) is 3. The average molecular weight is 288 g/mol. The summed E-state index contributed by atoms with van der Waals surface area (Å²) < 4.78 is 12.1. The van der Waals surface area contributed by atoms with E-state index in [1.807, 2.05) is 18.2 Å². The van der Waals surface area contributed by atoms with Crippen molar-refractivity contribution in [1.29, 1.82) is 0 Å². The lowest BCUT2D eigenvalue weighted by Gasteiger charge is -2.32. The summed E-state index contributed by atoms with van der Waals surface area (Å²) in [5.41, 5.74) is 0.520.